The van der Waals surface area contributed by atoms with Crippen LogP contribution < -0.4 is 21.3 Å². The molecule has 160 valence electrons. The van der Waals surface area contributed by atoms with E-state index in [0.29, 0.717) is 6.42 Å². The lowest BCUT2D eigenvalue weighted by molar-refractivity contribution is -0.121. The largest absolute Gasteiger partial charge is 0.435 e. The number of aromatic nitrogens is 4. The van der Waals surface area contributed by atoms with E-state index in [1.165, 1.54) is 35.4 Å². The van der Waals surface area contributed by atoms with E-state index in [4.69, 9.17) is 11.6 Å². The molecule has 0 aliphatic carbocycles. The molecule has 0 aliphatic rings. The van der Waals surface area contributed by atoms with Gasteiger partial charge in [0.25, 0.3) is 5.56 Å². The fourth-order valence-corrected chi connectivity index (χ4v) is 3.17. The molecule has 0 bridgehead atoms. The molecule has 1 aromatic carbocycles. The Morgan fingerprint density at radius 3 is 2.50 bits per heavy atom. The highest BCUT2D eigenvalue weighted by Gasteiger charge is 2.19. The highest BCUT2D eigenvalue weighted by Crippen LogP contribution is 2.16. The van der Waals surface area contributed by atoms with E-state index in [1.54, 1.807) is 12.1 Å². The maximum atomic E-state index is 12.5. The van der Waals surface area contributed by atoms with Crippen molar-refractivity contribution in [2.24, 2.45) is 14.1 Å². The van der Waals surface area contributed by atoms with E-state index in [0.717, 1.165) is 10.1 Å². The van der Waals surface area contributed by atoms with E-state index in [1.807, 2.05) is 0 Å². The predicted octanol–water partition coefficient (Wildman–Crippen LogP) is 1.05. The SMILES string of the molecule is Cn1c(=O)c2c(nc(Cl)n2CC(=O)NCCc2ccc(OC(F)F)cc2)n(C)c1=O. The first-order chi connectivity index (χ1) is 14.2. The summed E-state index contributed by atoms with van der Waals surface area (Å²) < 4.78 is 31.9. The van der Waals surface area contributed by atoms with Crippen LogP contribution in [0.5, 0.6) is 5.75 Å². The normalized spacial score (nSPS) is 11.3. The summed E-state index contributed by atoms with van der Waals surface area (Å²) in [7, 11) is 2.78. The Bertz CT molecular complexity index is 1200. The van der Waals surface area contributed by atoms with Crippen molar-refractivity contribution in [3.63, 3.8) is 0 Å². The highest BCUT2D eigenvalue weighted by molar-refractivity contribution is 6.29. The number of halogens is 3. The zero-order valence-electron chi connectivity index (χ0n) is 16.1. The van der Waals surface area contributed by atoms with Crippen LogP contribution in [0.1, 0.15) is 5.56 Å². The van der Waals surface area contributed by atoms with E-state index in [-0.39, 0.29) is 35.3 Å². The number of rotatable bonds is 7. The second kappa shape index (κ2) is 8.66. The number of amides is 1. The van der Waals surface area contributed by atoms with Gasteiger partial charge in [0, 0.05) is 20.6 Å². The second-order valence-electron chi connectivity index (χ2n) is 6.47. The van der Waals surface area contributed by atoms with Crippen LogP contribution in [-0.2, 0) is 31.9 Å². The van der Waals surface area contributed by atoms with E-state index in [9.17, 15) is 23.2 Å². The maximum absolute atomic E-state index is 12.5. The maximum Gasteiger partial charge on any atom is 0.387 e. The van der Waals surface area contributed by atoms with Gasteiger partial charge in [0.15, 0.2) is 11.2 Å². The summed E-state index contributed by atoms with van der Waals surface area (Å²) in [5, 5.41) is 2.60. The van der Waals surface area contributed by atoms with Crippen LogP contribution in [0.15, 0.2) is 33.9 Å². The van der Waals surface area contributed by atoms with Gasteiger partial charge >= 0.3 is 12.3 Å². The molecule has 0 spiro atoms. The van der Waals surface area contributed by atoms with Gasteiger partial charge in [0.05, 0.1) is 0 Å². The second-order valence-corrected chi connectivity index (χ2v) is 6.81. The van der Waals surface area contributed by atoms with E-state index < -0.39 is 23.8 Å². The highest BCUT2D eigenvalue weighted by atomic mass is 35.5. The van der Waals surface area contributed by atoms with Crippen molar-refractivity contribution in [2.45, 2.75) is 19.6 Å². The zero-order chi connectivity index (χ0) is 22.0. The summed E-state index contributed by atoms with van der Waals surface area (Å²) in [5.74, 6) is -0.361. The Kier molecular flexibility index (Phi) is 6.20. The monoisotopic (exact) mass is 441 g/mol. The number of fused-ring (bicyclic) bond motifs is 1. The molecular formula is C18H18ClF2N5O4. The smallest absolute Gasteiger partial charge is 0.387 e. The molecule has 9 nitrogen and oxygen atoms in total. The first-order valence-corrected chi connectivity index (χ1v) is 9.19. The van der Waals surface area contributed by atoms with Crippen molar-refractivity contribution in [2.75, 3.05) is 6.54 Å². The van der Waals surface area contributed by atoms with Gasteiger partial charge in [0.2, 0.25) is 11.2 Å². The third-order valence-electron chi connectivity index (χ3n) is 4.49. The number of imidazole rings is 1. The van der Waals surface area contributed by atoms with Crippen LogP contribution in [0.2, 0.25) is 5.28 Å². The van der Waals surface area contributed by atoms with Gasteiger partial charge in [-0.15, -0.1) is 0 Å². The Morgan fingerprint density at radius 1 is 1.20 bits per heavy atom. The van der Waals surface area contributed by atoms with Gasteiger partial charge in [0.1, 0.15) is 12.3 Å². The molecule has 1 amide bonds. The Morgan fingerprint density at radius 2 is 1.87 bits per heavy atom. The molecule has 30 heavy (non-hydrogen) atoms. The summed E-state index contributed by atoms with van der Waals surface area (Å²) in [4.78, 5) is 40.8. The number of aryl methyl sites for hydroxylation is 1. The molecule has 0 saturated heterocycles. The fourth-order valence-electron chi connectivity index (χ4n) is 2.95. The number of alkyl halides is 2. The Hall–Kier alpha value is -3.21. The Labute approximate surface area is 173 Å². The van der Waals surface area contributed by atoms with Crippen LogP contribution >= 0.6 is 11.6 Å². The molecule has 0 atom stereocenters. The summed E-state index contributed by atoms with van der Waals surface area (Å²) in [6, 6.07) is 6.07. The lowest BCUT2D eigenvalue weighted by Gasteiger charge is -2.09. The molecule has 0 fully saturated rings. The lowest BCUT2D eigenvalue weighted by atomic mass is 10.1. The van der Waals surface area contributed by atoms with Crippen molar-refractivity contribution < 1.29 is 18.3 Å². The van der Waals surface area contributed by atoms with Crippen LogP contribution in [0.3, 0.4) is 0 Å². The van der Waals surface area contributed by atoms with Crippen LogP contribution in [0.25, 0.3) is 11.2 Å². The third-order valence-corrected chi connectivity index (χ3v) is 4.78. The number of hydrogen-bond donors (Lipinski definition) is 1. The molecule has 0 saturated carbocycles. The summed E-state index contributed by atoms with van der Waals surface area (Å²) in [6.45, 7) is -2.88. The number of hydrogen-bond acceptors (Lipinski definition) is 5. The van der Waals surface area contributed by atoms with Crippen molar-refractivity contribution >= 4 is 28.7 Å². The van der Waals surface area contributed by atoms with E-state index in [2.05, 4.69) is 15.0 Å². The minimum absolute atomic E-state index is 0.0503. The molecule has 3 rings (SSSR count). The van der Waals surface area contributed by atoms with E-state index >= 15 is 0 Å². The summed E-state index contributed by atoms with van der Waals surface area (Å²) in [6.07, 6.45) is 0.454. The molecular weight excluding hydrogens is 424 g/mol. The fraction of sp³-hybridized carbons (Fsp3) is 0.333. The van der Waals surface area contributed by atoms with Gasteiger partial charge in [-0.05, 0) is 35.7 Å². The topological polar surface area (TPSA) is 100 Å². The molecule has 1 N–H and O–H groups in total. The van der Waals surface area contributed by atoms with Crippen LogP contribution in [0.4, 0.5) is 8.78 Å². The van der Waals surface area contributed by atoms with Gasteiger partial charge in [-0.2, -0.15) is 13.8 Å². The van der Waals surface area contributed by atoms with Crippen molar-refractivity contribution in [1.29, 1.82) is 0 Å². The predicted molar refractivity (Wildman–Crippen MR) is 105 cm³/mol. The first-order valence-electron chi connectivity index (χ1n) is 8.81. The minimum atomic E-state index is -2.89. The van der Waals surface area contributed by atoms with Gasteiger partial charge in [-0.25, -0.2) is 4.79 Å². The third kappa shape index (κ3) is 4.35. The number of carbonyl (C=O) groups excluding carboxylic acids is 1. The van der Waals surface area contributed by atoms with Crippen LogP contribution in [-0.4, -0.2) is 37.7 Å². The number of benzene rings is 1. The number of nitrogens with zero attached hydrogens (tertiary/aromatic N) is 4. The Balaban J connectivity index is 1.67. The zero-order valence-corrected chi connectivity index (χ0v) is 16.8. The van der Waals surface area contributed by atoms with Crippen molar-refractivity contribution in [3.8, 4) is 5.75 Å². The first kappa shape index (κ1) is 21.5. The quantitative estimate of drug-likeness (QED) is 0.552. The molecule has 2 aromatic heterocycles. The summed E-state index contributed by atoms with van der Waals surface area (Å²) >= 11 is 6.08. The number of nitrogens with one attached hydrogen (secondary N) is 1. The van der Waals surface area contributed by atoms with Gasteiger partial charge < -0.3 is 10.1 Å². The minimum Gasteiger partial charge on any atom is -0.435 e. The lowest BCUT2D eigenvalue weighted by Crippen LogP contribution is -2.38. The van der Waals surface area contributed by atoms with Crippen molar-refractivity contribution in [3.05, 3.63) is 56.0 Å². The molecule has 3 aromatic rings. The standard InChI is InChI=1S/C18H18ClF2N5O4/c1-24-14-13(15(28)25(2)18(24)29)26(16(19)23-14)9-12(27)22-8-7-10-3-5-11(6-4-10)30-17(20)21/h3-6,17H,7-9H2,1-2H3,(H,22,27). The summed E-state index contributed by atoms with van der Waals surface area (Å²) in [5.41, 5.74) is -0.206. The molecule has 0 unspecified atom stereocenters. The number of ether oxygens (including phenoxy) is 1. The molecule has 12 heteroatoms. The molecule has 0 aliphatic heterocycles. The van der Waals surface area contributed by atoms with Gasteiger partial charge in [-0.3, -0.25) is 23.3 Å². The van der Waals surface area contributed by atoms with Crippen molar-refractivity contribution in [1.82, 2.24) is 24.0 Å². The molecule has 2 heterocycles. The van der Waals surface area contributed by atoms with Gasteiger partial charge in [-0.1, -0.05) is 12.1 Å². The average molecular weight is 442 g/mol. The number of carbonyl (C=O) groups is 1. The van der Waals surface area contributed by atoms with Crippen LogP contribution in [0, 0.1) is 0 Å². The molecule has 0 radical (unpaired) electrons. The average Bonchev–Trinajstić information content (AvgIpc) is 3.02.